The lowest BCUT2D eigenvalue weighted by molar-refractivity contribution is -0.273. The van der Waals surface area contributed by atoms with Crippen LogP contribution in [0.4, 0.5) is 35.1 Å². The molecule has 1 N–H and O–H groups in total. The van der Waals surface area contributed by atoms with Crippen LogP contribution < -0.4 is 0 Å². The third-order valence-corrected chi connectivity index (χ3v) is 4.74. The lowest BCUT2D eigenvalue weighted by Gasteiger charge is -2.25. The number of hydrogen-bond acceptors (Lipinski definition) is 6. The summed E-state index contributed by atoms with van der Waals surface area (Å²) in [7, 11) is -5.04. The highest BCUT2D eigenvalue weighted by atomic mass is 32.2. The van der Waals surface area contributed by atoms with Crippen molar-refractivity contribution in [3.63, 3.8) is 0 Å². The average molecular weight is 524 g/mol. The van der Waals surface area contributed by atoms with Gasteiger partial charge in [0.05, 0.1) is 0 Å². The van der Waals surface area contributed by atoms with E-state index in [2.05, 4.69) is 9.47 Å². The molecule has 33 heavy (non-hydrogen) atoms. The lowest BCUT2D eigenvalue weighted by atomic mass is 10.1. The predicted molar refractivity (Wildman–Crippen MR) is 95.8 cm³/mol. The van der Waals surface area contributed by atoms with Gasteiger partial charge in [-0.25, -0.2) is 8.78 Å². The van der Waals surface area contributed by atoms with E-state index in [4.69, 9.17) is 4.55 Å². The number of ether oxygens (including phenoxy) is 2. The van der Waals surface area contributed by atoms with Crippen LogP contribution in [-0.2, 0) is 29.2 Å². The van der Waals surface area contributed by atoms with E-state index in [1.54, 1.807) is 0 Å². The predicted octanol–water partition coefficient (Wildman–Crippen LogP) is 4.60. The molecule has 0 aromatic heterocycles. The SMILES string of the molecule is CC(F)(F)C(OC(=O)CCCCCCCCC(=O)OC(CS(=O)(=O)O)C(F)(F)F)C(F)(F)F. The van der Waals surface area contributed by atoms with Gasteiger partial charge in [-0.05, 0) is 12.8 Å². The average Bonchev–Trinajstić information content (AvgIpc) is 2.57. The van der Waals surface area contributed by atoms with Gasteiger partial charge in [-0.2, -0.15) is 34.8 Å². The van der Waals surface area contributed by atoms with Crippen molar-refractivity contribution in [2.24, 2.45) is 0 Å². The second-order valence-corrected chi connectivity index (χ2v) is 8.75. The number of carbonyl (C=O) groups is 2. The highest BCUT2D eigenvalue weighted by Gasteiger charge is 2.56. The van der Waals surface area contributed by atoms with E-state index < -0.39 is 71.1 Å². The Balaban J connectivity index is 4.14. The molecule has 0 saturated heterocycles. The zero-order chi connectivity index (χ0) is 26.1. The summed E-state index contributed by atoms with van der Waals surface area (Å²) in [5.41, 5.74) is 0. The lowest BCUT2D eigenvalue weighted by Crippen LogP contribution is -2.46. The monoisotopic (exact) mass is 524 g/mol. The van der Waals surface area contributed by atoms with Crippen LogP contribution in [0.5, 0.6) is 0 Å². The molecular formula is C17H24F8O7S. The minimum absolute atomic E-state index is 0.0218. The first-order chi connectivity index (χ1) is 14.7. The van der Waals surface area contributed by atoms with E-state index in [1.807, 2.05) is 0 Å². The Bertz CT molecular complexity index is 715. The molecule has 0 amide bonds. The molecule has 16 heteroatoms. The number of alkyl halides is 8. The molecule has 0 heterocycles. The van der Waals surface area contributed by atoms with Gasteiger partial charge in [0.2, 0.25) is 6.10 Å². The first kappa shape index (κ1) is 31.3. The van der Waals surface area contributed by atoms with Gasteiger partial charge in [0.25, 0.3) is 22.1 Å². The Morgan fingerprint density at radius 2 is 1.15 bits per heavy atom. The van der Waals surface area contributed by atoms with Crippen molar-refractivity contribution in [1.82, 2.24) is 0 Å². The topological polar surface area (TPSA) is 107 Å². The van der Waals surface area contributed by atoms with Crippen molar-refractivity contribution >= 4 is 22.1 Å². The number of esters is 2. The van der Waals surface area contributed by atoms with E-state index in [0.29, 0.717) is 25.7 Å². The van der Waals surface area contributed by atoms with E-state index in [1.165, 1.54) is 0 Å². The first-order valence-corrected chi connectivity index (χ1v) is 11.2. The van der Waals surface area contributed by atoms with Gasteiger partial charge < -0.3 is 9.47 Å². The van der Waals surface area contributed by atoms with Crippen LogP contribution in [0.15, 0.2) is 0 Å². The molecule has 0 spiro atoms. The Kier molecular flexibility index (Phi) is 12.0. The third kappa shape index (κ3) is 14.9. The molecule has 0 aliphatic rings. The van der Waals surface area contributed by atoms with E-state index in [9.17, 15) is 53.1 Å². The van der Waals surface area contributed by atoms with Crippen molar-refractivity contribution in [1.29, 1.82) is 0 Å². The fourth-order valence-electron chi connectivity index (χ4n) is 2.50. The minimum Gasteiger partial charge on any atom is -0.451 e. The second-order valence-electron chi connectivity index (χ2n) is 7.26. The summed E-state index contributed by atoms with van der Waals surface area (Å²) in [4.78, 5) is 22.8. The zero-order valence-electron chi connectivity index (χ0n) is 17.3. The molecule has 2 atom stereocenters. The first-order valence-electron chi connectivity index (χ1n) is 9.59. The third-order valence-electron chi connectivity index (χ3n) is 4.02. The Morgan fingerprint density at radius 1 is 0.758 bits per heavy atom. The molecule has 0 rings (SSSR count). The largest absolute Gasteiger partial charge is 0.451 e. The van der Waals surface area contributed by atoms with Crippen LogP contribution >= 0.6 is 0 Å². The zero-order valence-corrected chi connectivity index (χ0v) is 18.2. The molecule has 7 nitrogen and oxygen atoms in total. The summed E-state index contributed by atoms with van der Waals surface area (Å²) in [6, 6.07) is 0. The maximum absolute atomic E-state index is 12.9. The summed E-state index contributed by atoms with van der Waals surface area (Å²) in [5, 5.41) is 0. The van der Waals surface area contributed by atoms with E-state index in [-0.39, 0.29) is 19.8 Å². The van der Waals surface area contributed by atoms with Crippen LogP contribution in [0.2, 0.25) is 0 Å². The van der Waals surface area contributed by atoms with Gasteiger partial charge in [0.1, 0.15) is 5.75 Å². The summed E-state index contributed by atoms with van der Waals surface area (Å²) in [6.45, 7) is -0.0218. The fraction of sp³-hybridized carbons (Fsp3) is 0.882. The second kappa shape index (κ2) is 12.7. The molecule has 0 saturated carbocycles. The van der Waals surface area contributed by atoms with Gasteiger partial charge in [-0.15, -0.1) is 0 Å². The van der Waals surface area contributed by atoms with Crippen molar-refractivity contribution in [2.45, 2.75) is 88.8 Å². The van der Waals surface area contributed by atoms with E-state index >= 15 is 0 Å². The molecule has 2 unspecified atom stereocenters. The van der Waals surface area contributed by atoms with Crippen molar-refractivity contribution in [3.8, 4) is 0 Å². The number of rotatable bonds is 14. The number of carbonyl (C=O) groups excluding carboxylic acids is 2. The van der Waals surface area contributed by atoms with Crippen LogP contribution in [0.25, 0.3) is 0 Å². The van der Waals surface area contributed by atoms with Gasteiger partial charge >= 0.3 is 24.3 Å². The van der Waals surface area contributed by atoms with Gasteiger partial charge in [0.15, 0.2) is 0 Å². The molecule has 0 aliphatic carbocycles. The van der Waals surface area contributed by atoms with Crippen LogP contribution in [0, 0.1) is 0 Å². The highest BCUT2D eigenvalue weighted by molar-refractivity contribution is 7.85. The Hall–Kier alpha value is -1.71. The summed E-state index contributed by atoms with van der Waals surface area (Å²) in [6.07, 6.45) is -16.6. The quantitative estimate of drug-likeness (QED) is 0.153. The molecule has 0 bridgehead atoms. The minimum atomic E-state index is -5.43. The van der Waals surface area contributed by atoms with Crippen molar-refractivity contribution in [2.75, 3.05) is 5.75 Å². The van der Waals surface area contributed by atoms with Crippen LogP contribution in [0.3, 0.4) is 0 Å². The van der Waals surface area contributed by atoms with Crippen LogP contribution in [0.1, 0.15) is 58.3 Å². The van der Waals surface area contributed by atoms with Crippen molar-refractivity contribution in [3.05, 3.63) is 0 Å². The maximum Gasteiger partial charge on any atom is 0.431 e. The van der Waals surface area contributed by atoms with Gasteiger partial charge in [-0.1, -0.05) is 25.7 Å². The highest BCUT2D eigenvalue weighted by Crippen LogP contribution is 2.34. The molecule has 0 fully saturated rings. The summed E-state index contributed by atoms with van der Waals surface area (Å²) >= 11 is 0. The molecular weight excluding hydrogens is 500 g/mol. The maximum atomic E-state index is 12.9. The molecule has 0 aromatic rings. The van der Waals surface area contributed by atoms with Crippen LogP contribution in [-0.4, -0.2) is 61.1 Å². The standard InChI is InChI=1S/C17H24F8O7S/c1-15(18,19)14(17(23,24)25)32-13(27)9-7-5-3-2-4-6-8-12(26)31-11(16(20,21)22)10-33(28,29)30/h11,14H,2-10H2,1H3,(H,28,29,30). The summed E-state index contributed by atoms with van der Waals surface area (Å²) < 4.78 is 139. The van der Waals surface area contributed by atoms with E-state index in [0.717, 1.165) is 0 Å². The molecule has 0 radical (unpaired) electrons. The number of hydrogen-bond donors (Lipinski definition) is 1. The normalized spacial score (nSPS) is 15.1. The molecule has 196 valence electrons. The fourth-order valence-corrected chi connectivity index (χ4v) is 3.14. The molecule has 0 aliphatic heterocycles. The summed E-state index contributed by atoms with van der Waals surface area (Å²) in [5.74, 6) is -8.90. The smallest absolute Gasteiger partial charge is 0.431 e. The Labute approximate surface area is 184 Å². The molecule has 0 aromatic carbocycles. The van der Waals surface area contributed by atoms with Gasteiger partial charge in [-0.3, -0.25) is 14.1 Å². The Morgan fingerprint density at radius 3 is 1.48 bits per heavy atom. The van der Waals surface area contributed by atoms with Gasteiger partial charge in [0, 0.05) is 19.8 Å². The van der Waals surface area contributed by atoms with Crippen molar-refractivity contribution < 1.29 is 67.2 Å². The number of unbranched alkanes of at least 4 members (excludes halogenated alkanes) is 5. The number of halogens is 8.